The monoisotopic (exact) mass is 251 g/mol. The minimum Gasteiger partial charge on any atom is -0.456 e. The highest BCUT2D eigenvalue weighted by atomic mass is 16.4. The van der Waals surface area contributed by atoms with Gasteiger partial charge in [0, 0.05) is 17.0 Å². The van der Waals surface area contributed by atoms with Gasteiger partial charge < -0.3 is 9.62 Å². The zero-order valence-electron chi connectivity index (χ0n) is 10.5. The average molecular weight is 251 g/mol. The number of aryl methyl sites for hydroxylation is 1. The largest absolute Gasteiger partial charge is 0.456 e. The van der Waals surface area contributed by atoms with Gasteiger partial charge in [0.15, 0.2) is 0 Å². The summed E-state index contributed by atoms with van der Waals surface area (Å²) in [5.74, 6) is 0.687. The van der Waals surface area contributed by atoms with Crippen molar-refractivity contribution in [3.63, 3.8) is 0 Å². The standard InChI is InChI=1S/C16H13NO2/c1-11-7-8-13-14(17-18)10-15(19-16(13)9-11)12-5-3-2-4-6-12/h2-10,18H,1H3. The van der Waals surface area contributed by atoms with E-state index in [0.717, 1.165) is 16.5 Å². The Balaban J connectivity index is 2.34. The lowest BCUT2D eigenvalue weighted by molar-refractivity contribution is 0.302. The van der Waals surface area contributed by atoms with Crippen LogP contribution in [0.15, 0.2) is 64.2 Å². The Kier molecular flexibility index (Phi) is 2.80. The Labute approximate surface area is 110 Å². The first kappa shape index (κ1) is 11.5. The van der Waals surface area contributed by atoms with Crippen LogP contribution < -0.4 is 5.36 Å². The van der Waals surface area contributed by atoms with Gasteiger partial charge in [0.1, 0.15) is 16.7 Å². The topological polar surface area (TPSA) is 45.7 Å². The van der Waals surface area contributed by atoms with E-state index in [1.165, 1.54) is 0 Å². The lowest BCUT2D eigenvalue weighted by Crippen LogP contribution is -2.03. The first-order chi connectivity index (χ1) is 9.28. The van der Waals surface area contributed by atoms with Crippen molar-refractivity contribution in [3.8, 4) is 11.3 Å². The Morgan fingerprint density at radius 2 is 1.79 bits per heavy atom. The van der Waals surface area contributed by atoms with Crippen LogP contribution in [0, 0.1) is 6.92 Å². The van der Waals surface area contributed by atoms with E-state index in [2.05, 4.69) is 5.16 Å². The molecule has 0 saturated heterocycles. The molecule has 1 aromatic heterocycles. The number of nitrogens with zero attached hydrogens (tertiary/aromatic N) is 1. The highest BCUT2D eigenvalue weighted by Crippen LogP contribution is 2.22. The highest BCUT2D eigenvalue weighted by molar-refractivity contribution is 5.79. The predicted octanol–water partition coefficient (Wildman–Crippen LogP) is 3.70. The zero-order valence-corrected chi connectivity index (χ0v) is 10.5. The van der Waals surface area contributed by atoms with Crippen LogP contribution in [-0.2, 0) is 0 Å². The molecule has 0 radical (unpaired) electrons. The van der Waals surface area contributed by atoms with E-state index >= 15 is 0 Å². The SMILES string of the molecule is Cc1ccc2c(=NO)cc(-c3ccccc3)oc2c1. The molecule has 3 aromatic rings. The first-order valence-electron chi connectivity index (χ1n) is 6.06. The van der Waals surface area contributed by atoms with Crippen molar-refractivity contribution in [2.75, 3.05) is 0 Å². The molecule has 3 rings (SSSR count). The van der Waals surface area contributed by atoms with Gasteiger partial charge in [0.2, 0.25) is 0 Å². The minimum atomic E-state index is 0.514. The van der Waals surface area contributed by atoms with Gasteiger partial charge in [-0.1, -0.05) is 41.6 Å². The lowest BCUT2D eigenvalue weighted by atomic mass is 10.1. The maximum Gasteiger partial charge on any atom is 0.137 e. The fourth-order valence-electron chi connectivity index (χ4n) is 2.10. The molecule has 1 N–H and O–H groups in total. The smallest absolute Gasteiger partial charge is 0.137 e. The van der Waals surface area contributed by atoms with Gasteiger partial charge >= 0.3 is 0 Å². The Bertz CT molecular complexity index is 789. The van der Waals surface area contributed by atoms with E-state index in [0.29, 0.717) is 16.7 Å². The molecule has 3 nitrogen and oxygen atoms in total. The number of benzene rings is 2. The third-order valence-corrected chi connectivity index (χ3v) is 3.07. The minimum absolute atomic E-state index is 0.514. The molecule has 94 valence electrons. The summed E-state index contributed by atoms with van der Waals surface area (Å²) in [7, 11) is 0. The Hall–Kier alpha value is -2.55. The molecule has 0 bridgehead atoms. The molecule has 0 aliphatic carbocycles. The Morgan fingerprint density at radius 3 is 2.53 bits per heavy atom. The molecule has 0 aliphatic heterocycles. The molecule has 0 aliphatic rings. The van der Waals surface area contributed by atoms with E-state index in [1.54, 1.807) is 6.07 Å². The Morgan fingerprint density at radius 1 is 1.00 bits per heavy atom. The summed E-state index contributed by atoms with van der Waals surface area (Å²) in [6, 6.07) is 17.3. The predicted molar refractivity (Wildman–Crippen MR) is 73.7 cm³/mol. The molecule has 2 aromatic carbocycles. The third-order valence-electron chi connectivity index (χ3n) is 3.07. The van der Waals surface area contributed by atoms with Crippen LogP contribution in [-0.4, -0.2) is 5.21 Å². The van der Waals surface area contributed by atoms with Crippen LogP contribution in [0.25, 0.3) is 22.3 Å². The van der Waals surface area contributed by atoms with Gasteiger partial charge in [-0.15, -0.1) is 0 Å². The summed E-state index contributed by atoms with van der Waals surface area (Å²) in [5.41, 5.74) is 2.77. The molecular weight excluding hydrogens is 238 g/mol. The van der Waals surface area contributed by atoms with E-state index in [-0.39, 0.29) is 0 Å². The molecule has 0 spiro atoms. The van der Waals surface area contributed by atoms with Crippen molar-refractivity contribution in [2.45, 2.75) is 6.92 Å². The van der Waals surface area contributed by atoms with Crippen molar-refractivity contribution in [3.05, 3.63) is 65.5 Å². The molecule has 0 unspecified atom stereocenters. The summed E-state index contributed by atoms with van der Waals surface area (Å²) in [5, 5.41) is 13.8. The maximum absolute atomic E-state index is 9.16. The zero-order chi connectivity index (χ0) is 13.2. The highest BCUT2D eigenvalue weighted by Gasteiger charge is 2.05. The fourth-order valence-corrected chi connectivity index (χ4v) is 2.10. The quantitative estimate of drug-likeness (QED) is 0.529. The van der Waals surface area contributed by atoms with Crippen LogP contribution in [0.3, 0.4) is 0 Å². The number of fused-ring (bicyclic) bond motifs is 1. The molecule has 0 amide bonds. The van der Waals surface area contributed by atoms with Gasteiger partial charge in [0.25, 0.3) is 0 Å². The van der Waals surface area contributed by atoms with Gasteiger partial charge in [-0.25, -0.2) is 0 Å². The average Bonchev–Trinajstić information content (AvgIpc) is 2.46. The molecule has 0 fully saturated rings. The van der Waals surface area contributed by atoms with Crippen LogP contribution in [0.1, 0.15) is 5.56 Å². The van der Waals surface area contributed by atoms with Gasteiger partial charge in [-0.3, -0.25) is 0 Å². The van der Waals surface area contributed by atoms with Crippen molar-refractivity contribution in [2.24, 2.45) is 5.16 Å². The van der Waals surface area contributed by atoms with Crippen molar-refractivity contribution >= 4 is 11.0 Å². The lowest BCUT2D eigenvalue weighted by Gasteiger charge is -2.04. The second-order valence-corrected chi connectivity index (χ2v) is 4.46. The van der Waals surface area contributed by atoms with Gasteiger partial charge in [-0.05, 0) is 24.6 Å². The summed E-state index contributed by atoms with van der Waals surface area (Å²) in [4.78, 5) is 0. The van der Waals surface area contributed by atoms with E-state index < -0.39 is 0 Å². The first-order valence-corrected chi connectivity index (χ1v) is 6.06. The summed E-state index contributed by atoms with van der Waals surface area (Å²) in [6.45, 7) is 2.00. The summed E-state index contributed by atoms with van der Waals surface area (Å²) >= 11 is 0. The van der Waals surface area contributed by atoms with E-state index in [9.17, 15) is 0 Å². The number of hydrogen-bond acceptors (Lipinski definition) is 3. The molecule has 1 heterocycles. The molecule has 0 saturated carbocycles. The number of hydrogen-bond donors (Lipinski definition) is 1. The van der Waals surface area contributed by atoms with Crippen LogP contribution in [0.2, 0.25) is 0 Å². The maximum atomic E-state index is 9.16. The third kappa shape index (κ3) is 2.10. The number of rotatable bonds is 1. The van der Waals surface area contributed by atoms with Crippen LogP contribution in [0.4, 0.5) is 0 Å². The van der Waals surface area contributed by atoms with Crippen LogP contribution >= 0.6 is 0 Å². The van der Waals surface area contributed by atoms with Crippen molar-refractivity contribution in [1.82, 2.24) is 0 Å². The second-order valence-electron chi connectivity index (χ2n) is 4.46. The second kappa shape index (κ2) is 4.61. The molecular formula is C16H13NO2. The van der Waals surface area contributed by atoms with Gasteiger partial charge in [0.05, 0.1) is 0 Å². The van der Waals surface area contributed by atoms with Gasteiger partial charge in [-0.2, -0.15) is 0 Å². The van der Waals surface area contributed by atoms with E-state index in [1.807, 2.05) is 55.5 Å². The molecule has 0 atom stereocenters. The fraction of sp³-hybridized carbons (Fsp3) is 0.0625. The van der Waals surface area contributed by atoms with Crippen molar-refractivity contribution < 1.29 is 9.62 Å². The van der Waals surface area contributed by atoms with Crippen molar-refractivity contribution in [1.29, 1.82) is 0 Å². The van der Waals surface area contributed by atoms with E-state index in [4.69, 9.17) is 9.62 Å². The summed E-state index contributed by atoms with van der Waals surface area (Å²) in [6.07, 6.45) is 0. The summed E-state index contributed by atoms with van der Waals surface area (Å²) < 4.78 is 5.90. The molecule has 3 heteroatoms. The van der Waals surface area contributed by atoms with Crippen LogP contribution in [0.5, 0.6) is 0 Å². The molecule has 19 heavy (non-hydrogen) atoms. The normalized spacial score (nSPS) is 11.9.